The van der Waals surface area contributed by atoms with Gasteiger partial charge in [0.2, 0.25) is 17.7 Å². The first-order valence-electron chi connectivity index (χ1n) is 20.5. The van der Waals surface area contributed by atoms with E-state index in [0.717, 1.165) is 0 Å². The number of nitrogens with two attached hydrogens (primary N) is 3. The van der Waals surface area contributed by atoms with Gasteiger partial charge in [-0.25, -0.2) is 0 Å². The highest BCUT2D eigenvalue weighted by molar-refractivity contribution is 5.89. The molecule has 1 heterocycles. The molecule has 3 aromatic rings. The number of aliphatic hydroxyl groups is 6. The monoisotopic (exact) mass is 868 g/mol. The molecule has 0 unspecified atom stereocenters. The average molecular weight is 869 g/mol. The first kappa shape index (κ1) is 49.8. The van der Waals surface area contributed by atoms with E-state index in [1.165, 1.54) is 18.2 Å². The number of phenolic OH excluding ortho intramolecular Hbond substituents is 3. The number of hydrogen-bond acceptors (Lipinski definition) is 15. The molecule has 15 N–H and O–H groups in total. The van der Waals surface area contributed by atoms with E-state index in [0.29, 0.717) is 85.5 Å². The van der Waals surface area contributed by atoms with Crippen molar-refractivity contribution in [3.63, 3.8) is 0 Å². The molecular formula is C44H64N6O12. The molecule has 3 aromatic carbocycles. The van der Waals surface area contributed by atoms with Crippen molar-refractivity contribution in [1.82, 2.24) is 14.7 Å². The fourth-order valence-electron chi connectivity index (χ4n) is 8.40. The van der Waals surface area contributed by atoms with Crippen LogP contribution in [-0.2, 0) is 50.3 Å². The van der Waals surface area contributed by atoms with Crippen molar-refractivity contribution in [1.29, 1.82) is 0 Å². The van der Waals surface area contributed by atoms with E-state index in [2.05, 4.69) is 14.7 Å². The van der Waals surface area contributed by atoms with Crippen molar-refractivity contribution in [3.8, 4) is 17.2 Å². The van der Waals surface area contributed by atoms with Gasteiger partial charge in [0, 0.05) is 66.1 Å². The lowest BCUT2D eigenvalue weighted by Gasteiger charge is -2.31. The summed E-state index contributed by atoms with van der Waals surface area (Å²) in [5.74, 6) is -3.87. The summed E-state index contributed by atoms with van der Waals surface area (Å²) < 4.78 is 0. The summed E-state index contributed by atoms with van der Waals surface area (Å²) in [6, 6.07) is 9.78. The van der Waals surface area contributed by atoms with Crippen LogP contribution < -0.4 is 17.2 Å². The zero-order chi connectivity index (χ0) is 46.2. The molecule has 62 heavy (non-hydrogen) atoms. The zero-order valence-corrected chi connectivity index (χ0v) is 35.8. The summed E-state index contributed by atoms with van der Waals surface area (Å²) >= 11 is 0. The molecule has 0 aliphatic carbocycles. The second kappa shape index (κ2) is 21.0. The van der Waals surface area contributed by atoms with Crippen LogP contribution in [0.4, 0.5) is 0 Å². The van der Waals surface area contributed by atoms with Gasteiger partial charge < -0.3 is 63.2 Å². The molecule has 0 radical (unpaired) electrons. The molecule has 1 aliphatic rings. The lowest BCUT2D eigenvalue weighted by molar-refractivity contribution is -0.127. The Kier molecular flexibility index (Phi) is 16.8. The van der Waals surface area contributed by atoms with Crippen LogP contribution in [0.25, 0.3) is 0 Å². The van der Waals surface area contributed by atoms with Crippen molar-refractivity contribution in [2.24, 2.45) is 17.2 Å². The zero-order valence-electron chi connectivity index (χ0n) is 35.8. The van der Waals surface area contributed by atoms with E-state index in [-0.39, 0.29) is 53.6 Å². The lowest BCUT2D eigenvalue weighted by atomic mass is 9.79. The number of hydrogen-bond donors (Lipinski definition) is 12. The maximum Gasteiger partial charge on any atom is 0.232 e. The number of nitrogens with zero attached hydrogens (tertiary/aromatic N) is 3. The van der Waals surface area contributed by atoms with Crippen LogP contribution in [0.3, 0.4) is 0 Å². The number of rotatable bonds is 18. The highest BCUT2D eigenvalue weighted by atomic mass is 16.3. The van der Waals surface area contributed by atoms with Crippen LogP contribution in [0, 0.1) is 20.8 Å². The fraction of sp³-hybridized carbons (Fsp3) is 0.523. The molecule has 0 saturated carbocycles. The summed E-state index contributed by atoms with van der Waals surface area (Å²) in [4.78, 5) is 44.0. The maximum absolute atomic E-state index is 12.6. The molecule has 0 bridgehead atoms. The van der Waals surface area contributed by atoms with Gasteiger partial charge in [-0.1, -0.05) is 53.1 Å². The topological polar surface area (TPSA) is 321 Å². The van der Waals surface area contributed by atoms with Gasteiger partial charge in [-0.2, -0.15) is 0 Å². The Morgan fingerprint density at radius 3 is 0.887 bits per heavy atom. The van der Waals surface area contributed by atoms with Gasteiger partial charge >= 0.3 is 0 Å². The van der Waals surface area contributed by atoms with Crippen LogP contribution in [0.5, 0.6) is 17.2 Å². The number of primary amides is 3. The number of carbonyl (C=O) groups excluding carboxylic acids is 3. The van der Waals surface area contributed by atoms with Gasteiger partial charge in [-0.3, -0.25) is 29.1 Å². The fourth-order valence-corrected chi connectivity index (χ4v) is 8.40. The van der Waals surface area contributed by atoms with E-state index in [4.69, 9.17) is 17.2 Å². The highest BCUT2D eigenvalue weighted by Gasteiger charge is 2.43. The van der Waals surface area contributed by atoms with E-state index in [9.17, 15) is 60.3 Å². The molecule has 1 aliphatic heterocycles. The van der Waals surface area contributed by atoms with Crippen LogP contribution in [0.1, 0.15) is 62.9 Å². The van der Waals surface area contributed by atoms with Gasteiger partial charge in [-0.05, 0) is 59.8 Å². The third-order valence-corrected chi connectivity index (χ3v) is 12.4. The summed E-state index contributed by atoms with van der Waals surface area (Å²) in [6.45, 7) is 3.69. The summed E-state index contributed by atoms with van der Waals surface area (Å²) in [6.07, 6.45) is 1.19. The molecule has 18 heteroatoms. The lowest BCUT2D eigenvalue weighted by Crippen LogP contribution is -2.47. The molecule has 1 saturated heterocycles. The van der Waals surface area contributed by atoms with Crippen molar-refractivity contribution in [2.45, 2.75) is 69.5 Å². The van der Waals surface area contributed by atoms with Crippen molar-refractivity contribution in [2.75, 3.05) is 78.9 Å². The van der Waals surface area contributed by atoms with Gasteiger partial charge in [0.25, 0.3) is 0 Å². The number of benzene rings is 3. The van der Waals surface area contributed by atoms with Crippen molar-refractivity contribution >= 4 is 17.7 Å². The van der Waals surface area contributed by atoms with Crippen LogP contribution >= 0.6 is 0 Å². The minimum absolute atomic E-state index is 0.000674. The van der Waals surface area contributed by atoms with E-state index in [1.54, 1.807) is 39.0 Å². The molecule has 3 amide bonds. The third kappa shape index (κ3) is 10.1. The largest absolute Gasteiger partial charge is 0.507 e. The van der Waals surface area contributed by atoms with E-state index < -0.39 is 73.6 Å². The number of phenols is 3. The molecule has 1 fully saturated rings. The molecule has 0 atom stereocenters. The Morgan fingerprint density at radius 2 is 0.677 bits per heavy atom. The Bertz CT molecular complexity index is 1970. The first-order chi connectivity index (χ1) is 29.3. The predicted octanol–water partition coefficient (Wildman–Crippen LogP) is -1.55. The van der Waals surface area contributed by atoms with Gasteiger partial charge in [0.15, 0.2) is 0 Å². The predicted molar refractivity (Wildman–Crippen MR) is 229 cm³/mol. The summed E-state index contributed by atoms with van der Waals surface area (Å²) in [5, 5.41) is 96.1. The molecular weight excluding hydrogens is 805 g/mol. The third-order valence-electron chi connectivity index (χ3n) is 12.4. The SMILES string of the molecule is Cc1cc(CN2CCCN(Cc3cc(C)cc(C(CO)(CO)C(N)=O)c3O)CCN(Cc3cc(C)cc(C(CO)(CO)C(N)=O)c3O)CCC2)c(O)c(C(CO)(CO)C(N)=O)c1. The molecule has 0 spiro atoms. The number of amides is 3. The van der Waals surface area contributed by atoms with E-state index in [1.807, 2.05) is 0 Å². The standard InChI is InChI=1S/C44H64N6O12/c1-27-12-30(36(57)33(15-27)42(21-51,22-52)39(45)60)18-48-6-4-8-49(19-31-13-28(2)16-34(37(31)58)43(23-53,24-54)40(46)61)10-11-50(9-5-7-48)20-32-14-29(3)17-35(38(32)59)44(25-55,26-56)41(47)62/h12-17,51-59H,4-11,18-26H2,1-3H3,(H2,45,60)(H2,46,61)(H2,47,62). The molecule has 4 rings (SSSR count). The quantitative estimate of drug-likeness (QED) is 0.0689. The van der Waals surface area contributed by atoms with Crippen molar-refractivity contribution < 1.29 is 60.3 Å². The Labute approximate surface area is 361 Å². The maximum atomic E-state index is 12.6. The number of carbonyl (C=O) groups is 3. The smallest absolute Gasteiger partial charge is 0.232 e. The summed E-state index contributed by atoms with van der Waals surface area (Å²) in [5.41, 5.74) is 14.4. The normalized spacial score (nSPS) is 15.6. The van der Waals surface area contributed by atoms with E-state index >= 15 is 0 Å². The number of aryl methyl sites for hydroxylation is 3. The number of aliphatic hydroxyl groups excluding tert-OH is 6. The van der Waals surface area contributed by atoms with Crippen LogP contribution in [0.2, 0.25) is 0 Å². The Morgan fingerprint density at radius 1 is 0.452 bits per heavy atom. The minimum Gasteiger partial charge on any atom is -0.507 e. The second-order valence-electron chi connectivity index (χ2n) is 16.8. The van der Waals surface area contributed by atoms with Gasteiger partial charge in [0.05, 0.1) is 39.6 Å². The number of aromatic hydroxyl groups is 3. The van der Waals surface area contributed by atoms with Gasteiger partial charge in [-0.15, -0.1) is 0 Å². The molecule has 342 valence electrons. The Balaban J connectivity index is 1.76. The first-order valence-corrected chi connectivity index (χ1v) is 20.5. The van der Waals surface area contributed by atoms with Crippen molar-refractivity contribution in [3.05, 3.63) is 86.5 Å². The molecule has 18 nitrogen and oxygen atoms in total. The van der Waals surface area contributed by atoms with Crippen LogP contribution in [-0.4, -0.2) is 157 Å². The summed E-state index contributed by atoms with van der Waals surface area (Å²) in [7, 11) is 0. The Hall–Kier alpha value is -4.89. The average Bonchev–Trinajstić information content (AvgIpc) is 3.26. The highest BCUT2D eigenvalue weighted by Crippen LogP contribution is 2.38. The minimum atomic E-state index is -1.94. The van der Waals surface area contributed by atoms with Crippen LogP contribution in [0.15, 0.2) is 36.4 Å². The second-order valence-corrected chi connectivity index (χ2v) is 16.8. The molecule has 0 aromatic heterocycles. The van der Waals surface area contributed by atoms with Gasteiger partial charge in [0.1, 0.15) is 33.5 Å².